The fraction of sp³-hybridized carbons (Fsp3) is 0.0513. The third-order valence-electron chi connectivity index (χ3n) is 8.61. The summed E-state index contributed by atoms with van der Waals surface area (Å²) >= 11 is 0. The number of benzene rings is 6. The number of rotatable bonds is 4. The first-order valence-corrected chi connectivity index (χ1v) is 14.5. The van der Waals surface area contributed by atoms with Crippen LogP contribution in [0.25, 0.3) is 16.8 Å². The van der Waals surface area contributed by atoms with E-state index in [2.05, 4.69) is 59.2 Å². The van der Waals surface area contributed by atoms with E-state index in [4.69, 9.17) is 4.74 Å². The predicted molar refractivity (Wildman–Crippen MR) is 172 cm³/mol. The molecular formula is C39H28N2O2. The minimum absolute atomic E-state index is 0.163. The third-order valence-corrected chi connectivity index (χ3v) is 8.61. The lowest BCUT2D eigenvalue weighted by molar-refractivity contribution is 0.0911. The molecule has 2 N–H and O–H groups in total. The van der Waals surface area contributed by atoms with Crippen LogP contribution in [0.4, 0.5) is 5.69 Å². The molecule has 0 saturated carbocycles. The topological polar surface area (TPSA) is 50.4 Å². The second-order valence-electron chi connectivity index (χ2n) is 11.0. The lowest BCUT2D eigenvalue weighted by Crippen LogP contribution is -2.56. The van der Waals surface area contributed by atoms with Gasteiger partial charge in [0.2, 0.25) is 0 Å². The van der Waals surface area contributed by atoms with E-state index in [1.165, 1.54) is 0 Å². The Bertz CT molecular complexity index is 1920. The molecule has 0 aliphatic carbocycles. The van der Waals surface area contributed by atoms with Crippen LogP contribution in [0.3, 0.4) is 0 Å². The standard InChI is InChI=1S/C39H28N2O2/c42-37-34-33-25-26-38(27-15-5-1-6-16-27,28-17-7-2-8-18-28)43-36(33)32-24-14-13-23-31(32)35(34)40-39(41-37,29-19-9-3-10-20-29)30-21-11-4-12-22-30/h1-26,40H,(H,41,42). The summed E-state index contributed by atoms with van der Waals surface area (Å²) in [6.07, 6.45) is 4.14. The van der Waals surface area contributed by atoms with Crippen LogP contribution in [0.1, 0.15) is 38.2 Å². The molecule has 43 heavy (non-hydrogen) atoms. The van der Waals surface area contributed by atoms with E-state index in [-0.39, 0.29) is 5.91 Å². The molecule has 2 aliphatic heterocycles. The van der Waals surface area contributed by atoms with Gasteiger partial charge in [-0.3, -0.25) is 4.79 Å². The Hall–Kier alpha value is -5.61. The summed E-state index contributed by atoms with van der Waals surface area (Å²) in [6.45, 7) is 0. The molecule has 0 saturated heterocycles. The summed E-state index contributed by atoms with van der Waals surface area (Å²) in [5.41, 5.74) is 4.22. The first-order chi connectivity index (χ1) is 21.2. The van der Waals surface area contributed by atoms with E-state index in [0.29, 0.717) is 11.3 Å². The van der Waals surface area contributed by atoms with Crippen molar-refractivity contribution in [3.8, 4) is 5.75 Å². The van der Waals surface area contributed by atoms with Crippen LogP contribution >= 0.6 is 0 Å². The first-order valence-electron chi connectivity index (χ1n) is 14.5. The molecule has 1 amide bonds. The van der Waals surface area contributed by atoms with Crippen LogP contribution in [0.15, 0.2) is 152 Å². The van der Waals surface area contributed by atoms with E-state index in [1.54, 1.807) is 0 Å². The Balaban J connectivity index is 1.38. The molecule has 8 rings (SSSR count). The molecule has 6 aromatic rings. The molecule has 0 aromatic heterocycles. The first kappa shape index (κ1) is 25.1. The van der Waals surface area contributed by atoms with Crippen LogP contribution < -0.4 is 15.4 Å². The average molecular weight is 557 g/mol. The summed E-state index contributed by atoms with van der Waals surface area (Å²) in [4.78, 5) is 14.4. The molecular weight excluding hydrogens is 528 g/mol. The van der Waals surface area contributed by atoms with E-state index in [0.717, 1.165) is 44.3 Å². The molecule has 0 spiro atoms. The number of anilines is 1. The van der Waals surface area contributed by atoms with Gasteiger partial charge in [-0.25, -0.2) is 0 Å². The zero-order chi connectivity index (χ0) is 28.9. The fourth-order valence-corrected chi connectivity index (χ4v) is 6.59. The lowest BCUT2D eigenvalue weighted by Gasteiger charge is -2.43. The van der Waals surface area contributed by atoms with Crippen LogP contribution in [0.2, 0.25) is 0 Å². The van der Waals surface area contributed by atoms with Gasteiger partial charge in [0.05, 0.1) is 11.3 Å². The van der Waals surface area contributed by atoms with Gasteiger partial charge in [-0.15, -0.1) is 0 Å². The predicted octanol–water partition coefficient (Wildman–Crippen LogP) is 8.25. The molecule has 6 aromatic carbocycles. The van der Waals surface area contributed by atoms with Crippen molar-refractivity contribution in [2.24, 2.45) is 0 Å². The number of fused-ring (bicyclic) bond motifs is 6. The van der Waals surface area contributed by atoms with E-state index in [9.17, 15) is 4.79 Å². The van der Waals surface area contributed by atoms with Crippen molar-refractivity contribution < 1.29 is 9.53 Å². The van der Waals surface area contributed by atoms with Gasteiger partial charge in [-0.2, -0.15) is 0 Å². The van der Waals surface area contributed by atoms with E-state index < -0.39 is 11.3 Å². The molecule has 0 unspecified atom stereocenters. The van der Waals surface area contributed by atoms with Crippen molar-refractivity contribution in [3.63, 3.8) is 0 Å². The molecule has 0 radical (unpaired) electrons. The Morgan fingerprint density at radius 2 is 0.977 bits per heavy atom. The largest absolute Gasteiger partial charge is 0.472 e. The van der Waals surface area contributed by atoms with Crippen LogP contribution in [-0.4, -0.2) is 5.91 Å². The van der Waals surface area contributed by atoms with Crippen molar-refractivity contribution in [2.45, 2.75) is 11.3 Å². The van der Waals surface area contributed by atoms with Gasteiger partial charge in [0.1, 0.15) is 5.75 Å². The number of carbonyl (C=O) groups is 1. The highest BCUT2D eigenvalue weighted by atomic mass is 16.5. The number of nitrogens with one attached hydrogen (secondary N) is 2. The molecule has 2 aliphatic rings. The van der Waals surface area contributed by atoms with E-state index >= 15 is 0 Å². The maximum atomic E-state index is 14.4. The van der Waals surface area contributed by atoms with Crippen molar-refractivity contribution in [3.05, 3.63) is 185 Å². The smallest absolute Gasteiger partial charge is 0.256 e. The Kier molecular flexibility index (Phi) is 5.69. The van der Waals surface area contributed by atoms with Crippen molar-refractivity contribution >= 4 is 28.4 Å². The highest BCUT2D eigenvalue weighted by Crippen LogP contribution is 2.51. The van der Waals surface area contributed by atoms with Gasteiger partial charge in [0.25, 0.3) is 5.91 Å². The van der Waals surface area contributed by atoms with Crippen molar-refractivity contribution in [1.82, 2.24) is 5.32 Å². The molecule has 0 atom stereocenters. The van der Waals surface area contributed by atoms with Gasteiger partial charge in [-0.05, 0) is 12.2 Å². The number of hydrogen-bond acceptors (Lipinski definition) is 3. The van der Waals surface area contributed by atoms with Gasteiger partial charge in [0, 0.05) is 38.6 Å². The third kappa shape index (κ3) is 3.80. The SMILES string of the molecule is O=C1NC(c2ccccc2)(c2ccccc2)Nc2c1c1c(c3ccccc23)OC(c2ccccc2)(c2ccccc2)C=C1. The highest BCUT2D eigenvalue weighted by Gasteiger charge is 2.45. The highest BCUT2D eigenvalue weighted by molar-refractivity contribution is 6.16. The van der Waals surface area contributed by atoms with Crippen LogP contribution in [0, 0.1) is 0 Å². The fourth-order valence-electron chi connectivity index (χ4n) is 6.59. The summed E-state index contributed by atoms with van der Waals surface area (Å²) < 4.78 is 7.15. The molecule has 4 nitrogen and oxygen atoms in total. The van der Waals surface area contributed by atoms with Crippen molar-refractivity contribution in [1.29, 1.82) is 0 Å². The molecule has 206 valence electrons. The number of ether oxygens (including phenoxy) is 1. The zero-order valence-corrected chi connectivity index (χ0v) is 23.3. The van der Waals surface area contributed by atoms with Gasteiger partial charge in [-0.1, -0.05) is 146 Å². The molecule has 2 heterocycles. The Morgan fingerprint density at radius 3 is 1.51 bits per heavy atom. The second kappa shape index (κ2) is 9.74. The quantitative estimate of drug-likeness (QED) is 0.230. The molecule has 0 bridgehead atoms. The monoisotopic (exact) mass is 556 g/mol. The lowest BCUT2D eigenvalue weighted by atomic mass is 9.81. The molecule has 0 fully saturated rings. The number of amides is 1. The maximum Gasteiger partial charge on any atom is 0.256 e. The average Bonchev–Trinajstić information content (AvgIpc) is 3.09. The Morgan fingerprint density at radius 1 is 0.512 bits per heavy atom. The number of hydrogen-bond donors (Lipinski definition) is 2. The van der Waals surface area contributed by atoms with Crippen LogP contribution in [-0.2, 0) is 11.3 Å². The normalized spacial score (nSPS) is 15.9. The zero-order valence-electron chi connectivity index (χ0n) is 23.3. The summed E-state index contributed by atoms with van der Waals surface area (Å²) in [6, 6.07) is 48.8. The molecule has 4 heteroatoms. The van der Waals surface area contributed by atoms with Gasteiger partial charge >= 0.3 is 0 Å². The summed E-state index contributed by atoms with van der Waals surface area (Å²) in [7, 11) is 0. The maximum absolute atomic E-state index is 14.4. The minimum atomic E-state index is -0.958. The Labute approximate surface area is 250 Å². The minimum Gasteiger partial charge on any atom is -0.472 e. The van der Waals surface area contributed by atoms with E-state index in [1.807, 2.05) is 109 Å². The van der Waals surface area contributed by atoms with Gasteiger partial charge < -0.3 is 15.4 Å². The second-order valence-corrected chi connectivity index (χ2v) is 11.0. The van der Waals surface area contributed by atoms with Crippen LogP contribution in [0.5, 0.6) is 5.75 Å². The number of carbonyl (C=O) groups excluding carboxylic acids is 1. The summed E-state index contributed by atoms with van der Waals surface area (Å²) in [5.74, 6) is 0.525. The van der Waals surface area contributed by atoms with Crippen molar-refractivity contribution in [2.75, 3.05) is 5.32 Å². The van der Waals surface area contributed by atoms with Gasteiger partial charge in [0.15, 0.2) is 11.3 Å². The summed E-state index contributed by atoms with van der Waals surface area (Å²) in [5, 5.41) is 9.07.